The Morgan fingerprint density at radius 1 is 0.255 bits per heavy atom. The van der Waals surface area contributed by atoms with Gasteiger partial charge in [-0.05, 0) is 87.0 Å². The van der Waals surface area contributed by atoms with E-state index >= 15 is 0 Å². The molecule has 0 N–H and O–H groups in total. The van der Waals surface area contributed by atoms with Crippen molar-refractivity contribution in [2.24, 2.45) is 0 Å². The maximum absolute atomic E-state index is 6.20. The van der Waals surface area contributed by atoms with Gasteiger partial charge in [-0.1, -0.05) is 164 Å². The molecule has 0 aliphatic heterocycles. The van der Waals surface area contributed by atoms with Crippen LogP contribution in [0.15, 0.2) is 211 Å². The van der Waals surface area contributed by atoms with Gasteiger partial charge in [-0.2, -0.15) is 0 Å². The van der Waals surface area contributed by atoms with Gasteiger partial charge in [-0.15, -0.1) is 0 Å². The average molecular weight is 703 g/mol. The van der Waals surface area contributed by atoms with E-state index in [4.69, 9.17) is 14.4 Å². The van der Waals surface area contributed by atoms with E-state index in [1.165, 1.54) is 16.7 Å². The van der Waals surface area contributed by atoms with Crippen molar-refractivity contribution in [3.05, 3.63) is 206 Å². The molecule has 258 valence electrons. The second kappa shape index (κ2) is 13.9. The third-order valence-electron chi connectivity index (χ3n) is 10.3. The van der Waals surface area contributed by atoms with Crippen LogP contribution in [0.5, 0.6) is 0 Å². The number of nitrogens with zero attached hydrogens (tertiary/aromatic N) is 2. The quantitative estimate of drug-likeness (QED) is 0.166. The van der Waals surface area contributed by atoms with E-state index in [0.717, 1.165) is 77.8 Å². The molecule has 3 heteroatoms. The Hall–Kier alpha value is -7.36. The van der Waals surface area contributed by atoms with Gasteiger partial charge in [-0.25, -0.2) is 9.97 Å². The highest BCUT2D eigenvalue weighted by Gasteiger charge is 2.15. The lowest BCUT2D eigenvalue weighted by Crippen LogP contribution is -1.96. The fraction of sp³-hybridized carbons (Fsp3) is 0. The lowest BCUT2D eigenvalue weighted by molar-refractivity contribution is 0.669. The fourth-order valence-electron chi connectivity index (χ4n) is 7.42. The molecule has 10 rings (SSSR count). The Balaban J connectivity index is 1.14. The SMILES string of the molecule is c1ccc(-c2ccc(-c3cc(-c4ccc5oc6ccccc6c5c4)cc(-c4cc(-c5ccccc5)nc(-c5ccc(-c6ccccc6)cc5)n4)c3)cc2)cc1. The Kier molecular flexibility index (Phi) is 8.16. The van der Waals surface area contributed by atoms with Gasteiger partial charge in [-0.3, -0.25) is 0 Å². The normalized spacial score (nSPS) is 11.3. The summed E-state index contributed by atoms with van der Waals surface area (Å²) in [6.45, 7) is 0. The van der Waals surface area contributed by atoms with Crippen LogP contribution in [-0.2, 0) is 0 Å². The summed E-state index contributed by atoms with van der Waals surface area (Å²) in [7, 11) is 0. The first-order valence-electron chi connectivity index (χ1n) is 18.6. The maximum atomic E-state index is 6.20. The number of aromatic nitrogens is 2. The van der Waals surface area contributed by atoms with Crippen LogP contribution in [-0.4, -0.2) is 9.97 Å². The molecule has 10 aromatic rings. The lowest BCUT2D eigenvalue weighted by atomic mass is 9.93. The number of benzene rings is 8. The predicted molar refractivity (Wildman–Crippen MR) is 227 cm³/mol. The predicted octanol–water partition coefficient (Wildman–Crippen LogP) is 14.0. The van der Waals surface area contributed by atoms with Gasteiger partial charge >= 0.3 is 0 Å². The molecule has 0 saturated carbocycles. The minimum absolute atomic E-state index is 0.682. The highest BCUT2D eigenvalue weighted by atomic mass is 16.3. The zero-order valence-corrected chi connectivity index (χ0v) is 29.9. The summed E-state index contributed by atoms with van der Waals surface area (Å²) in [6.07, 6.45) is 0. The van der Waals surface area contributed by atoms with Crippen LogP contribution in [0.4, 0.5) is 0 Å². The summed E-state index contributed by atoms with van der Waals surface area (Å²) >= 11 is 0. The Labute approximate surface area is 319 Å². The topological polar surface area (TPSA) is 38.9 Å². The van der Waals surface area contributed by atoms with Gasteiger partial charge in [0.25, 0.3) is 0 Å². The van der Waals surface area contributed by atoms with E-state index in [-0.39, 0.29) is 0 Å². The van der Waals surface area contributed by atoms with Crippen LogP contribution in [0.3, 0.4) is 0 Å². The molecular weight excluding hydrogens is 669 g/mol. The van der Waals surface area contributed by atoms with Gasteiger partial charge in [0, 0.05) is 27.5 Å². The summed E-state index contributed by atoms with van der Waals surface area (Å²) in [6, 6.07) is 72.3. The first-order valence-corrected chi connectivity index (χ1v) is 18.6. The maximum Gasteiger partial charge on any atom is 0.160 e. The number of furan rings is 1. The molecule has 0 radical (unpaired) electrons. The Morgan fingerprint density at radius 2 is 0.673 bits per heavy atom. The zero-order chi connectivity index (χ0) is 36.6. The van der Waals surface area contributed by atoms with Gasteiger partial charge in [0.2, 0.25) is 0 Å². The van der Waals surface area contributed by atoms with Crippen molar-refractivity contribution in [3.8, 4) is 78.4 Å². The van der Waals surface area contributed by atoms with E-state index < -0.39 is 0 Å². The van der Waals surface area contributed by atoms with Crippen LogP contribution < -0.4 is 0 Å². The molecule has 2 aromatic heterocycles. The van der Waals surface area contributed by atoms with E-state index in [0.29, 0.717) is 5.82 Å². The smallest absolute Gasteiger partial charge is 0.160 e. The van der Waals surface area contributed by atoms with Crippen LogP contribution in [0.25, 0.3) is 100 Å². The van der Waals surface area contributed by atoms with Crippen LogP contribution in [0, 0.1) is 0 Å². The molecule has 55 heavy (non-hydrogen) atoms. The summed E-state index contributed by atoms with van der Waals surface area (Å²) in [4.78, 5) is 10.4. The Morgan fingerprint density at radius 3 is 1.29 bits per heavy atom. The van der Waals surface area contributed by atoms with Crippen molar-refractivity contribution in [2.45, 2.75) is 0 Å². The van der Waals surface area contributed by atoms with Gasteiger partial charge in [0.05, 0.1) is 11.4 Å². The molecule has 0 bridgehead atoms. The van der Waals surface area contributed by atoms with Crippen molar-refractivity contribution in [3.63, 3.8) is 0 Å². The van der Waals surface area contributed by atoms with Gasteiger partial charge < -0.3 is 4.42 Å². The molecule has 2 heterocycles. The first kappa shape index (κ1) is 32.3. The lowest BCUT2D eigenvalue weighted by Gasteiger charge is -2.14. The number of hydrogen-bond donors (Lipinski definition) is 0. The molecule has 0 aliphatic rings. The summed E-state index contributed by atoms with van der Waals surface area (Å²) in [5, 5.41) is 2.21. The molecule has 3 nitrogen and oxygen atoms in total. The average Bonchev–Trinajstić information content (AvgIpc) is 3.65. The summed E-state index contributed by atoms with van der Waals surface area (Å²) < 4.78 is 6.20. The second-order valence-electron chi connectivity index (χ2n) is 13.8. The third kappa shape index (κ3) is 6.39. The largest absolute Gasteiger partial charge is 0.456 e. The van der Waals surface area contributed by atoms with Crippen molar-refractivity contribution >= 4 is 21.9 Å². The molecule has 0 saturated heterocycles. The van der Waals surface area contributed by atoms with Crippen molar-refractivity contribution in [2.75, 3.05) is 0 Å². The van der Waals surface area contributed by atoms with Crippen LogP contribution >= 0.6 is 0 Å². The van der Waals surface area contributed by atoms with E-state index in [1.54, 1.807) is 0 Å². The monoisotopic (exact) mass is 702 g/mol. The second-order valence-corrected chi connectivity index (χ2v) is 13.8. The van der Waals surface area contributed by atoms with Gasteiger partial charge in [0.15, 0.2) is 5.82 Å². The Bertz CT molecular complexity index is 2930. The highest BCUT2D eigenvalue weighted by molar-refractivity contribution is 6.06. The van der Waals surface area contributed by atoms with E-state index in [9.17, 15) is 0 Å². The molecule has 0 fully saturated rings. The summed E-state index contributed by atoms with van der Waals surface area (Å²) in [5.41, 5.74) is 15.7. The molecule has 8 aromatic carbocycles. The molecule has 0 amide bonds. The number of hydrogen-bond acceptors (Lipinski definition) is 3. The fourth-order valence-corrected chi connectivity index (χ4v) is 7.42. The molecular formula is C52H34N2O. The standard InChI is InChI=1S/C52H34N2O/c1-4-12-35(13-5-1)37-20-22-39(23-21-37)43-30-44(42-28-29-51-47(33-42)46-18-10-11-19-50(46)55-51)32-45(31-43)49-34-48(40-16-8-3-9-17-40)53-52(54-49)41-26-24-38(25-27-41)36-14-6-2-7-15-36/h1-34H. The minimum Gasteiger partial charge on any atom is -0.456 e. The van der Waals surface area contributed by atoms with E-state index in [1.807, 2.05) is 24.3 Å². The van der Waals surface area contributed by atoms with Crippen LogP contribution in [0.2, 0.25) is 0 Å². The highest BCUT2D eigenvalue weighted by Crippen LogP contribution is 2.38. The molecule has 0 aliphatic carbocycles. The van der Waals surface area contributed by atoms with Gasteiger partial charge in [0.1, 0.15) is 11.2 Å². The van der Waals surface area contributed by atoms with E-state index in [2.05, 4.69) is 182 Å². The number of para-hydroxylation sites is 1. The first-order chi connectivity index (χ1) is 27.2. The number of fused-ring (bicyclic) bond motifs is 3. The third-order valence-corrected chi connectivity index (χ3v) is 10.3. The van der Waals surface area contributed by atoms with Crippen molar-refractivity contribution in [1.82, 2.24) is 9.97 Å². The molecule has 0 unspecified atom stereocenters. The minimum atomic E-state index is 0.682. The van der Waals surface area contributed by atoms with Crippen molar-refractivity contribution < 1.29 is 4.42 Å². The molecule has 0 atom stereocenters. The zero-order valence-electron chi connectivity index (χ0n) is 29.9. The molecule has 0 spiro atoms. The van der Waals surface area contributed by atoms with Crippen LogP contribution in [0.1, 0.15) is 0 Å². The van der Waals surface area contributed by atoms with Crippen molar-refractivity contribution in [1.29, 1.82) is 0 Å². The number of rotatable bonds is 7. The summed E-state index contributed by atoms with van der Waals surface area (Å²) in [5.74, 6) is 0.682.